The minimum atomic E-state index is -0.948. The fourth-order valence-corrected chi connectivity index (χ4v) is 0.905. The van der Waals surface area contributed by atoms with E-state index in [0.717, 1.165) is 0 Å². The number of carboxylic acid groups (broad SMARTS) is 1. The molecule has 0 saturated heterocycles. The number of carbonyl (C=O) groups is 1. The smallest absolute Gasteiger partial charge is 0.335 e. The van der Waals surface area contributed by atoms with Gasteiger partial charge in [-0.2, -0.15) is 0 Å². The fraction of sp³-hybridized carbons (Fsp3) is 0. The van der Waals surface area contributed by atoms with Gasteiger partial charge in [0.1, 0.15) is 0 Å². The highest BCUT2D eigenvalue weighted by molar-refractivity contribution is 14.1. The number of aromatic carboxylic acids is 1. The van der Waals surface area contributed by atoms with E-state index in [1.165, 1.54) is 12.1 Å². The number of benzene rings is 1. The summed E-state index contributed by atoms with van der Waals surface area (Å²) in [5, 5.41) is 8.63. The lowest BCUT2D eigenvalue weighted by molar-refractivity contribution is 0.0697. The summed E-state index contributed by atoms with van der Waals surface area (Å²) in [5.74, 6) is -0.948. The molecule has 0 saturated carbocycles. The van der Waals surface area contributed by atoms with Crippen LogP contribution in [0.3, 0.4) is 0 Å². The first-order valence-corrected chi connectivity index (χ1v) is 4.78. The third-order valence-electron chi connectivity index (χ3n) is 1.41. The van der Waals surface area contributed by atoms with Crippen molar-refractivity contribution in [3.8, 4) is 0 Å². The Labute approximate surface area is 94.7 Å². The number of hydrogen-bond donors (Lipinski definition) is 2. The Morgan fingerprint density at radius 1 is 1.43 bits per heavy atom. The molecule has 0 heterocycles. The van der Waals surface area contributed by atoms with Gasteiger partial charge in [0.15, 0.2) is 3.77 Å². The molecule has 5 heteroatoms. The van der Waals surface area contributed by atoms with Crippen LogP contribution in [0.25, 0.3) is 0 Å². The van der Waals surface area contributed by atoms with Crippen molar-refractivity contribution in [3.63, 3.8) is 0 Å². The van der Waals surface area contributed by atoms with Crippen molar-refractivity contribution < 1.29 is 14.7 Å². The van der Waals surface area contributed by atoms with E-state index in [1.54, 1.807) is 12.1 Å². The van der Waals surface area contributed by atoms with Crippen LogP contribution in [-0.4, -0.2) is 11.1 Å². The highest BCUT2D eigenvalue weighted by atomic mass is 127. The molecule has 0 spiro atoms. The van der Waals surface area contributed by atoms with Crippen molar-refractivity contribution in [2.24, 2.45) is 0 Å². The molecular weight excluding hydrogens is 297 g/mol. The summed E-state index contributed by atoms with van der Waals surface area (Å²) in [5.41, 5.74) is 3.52. The zero-order chi connectivity index (χ0) is 10.6. The lowest BCUT2D eigenvalue weighted by Crippen LogP contribution is -1.99. The molecule has 0 bridgehead atoms. The van der Waals surface area contributed by atoms with E-state index in [2.05, 4.69) is 12.1 Å². The van der Waals surface area contributed by atoms with E-state index in [1.807, 2.05) is 22.6 Å². The van der Waals surface area contributed by atoms with Crippen molar-refractivity contribution in [1.82, 2.24) is 0 Å². The van der Waals surface area contributed by atoms with Crippen LogP contribution >= 0.6 is 22.6 Å². The quantitative estimate of drug-likeness (QED) is 0.510. The standard InChI is InChI=1S/C9H8INO3/c1-6(10)14-11-8-4-2-7(3-5-8)9(12)13/h2-5,11H,1H2,(H,12,13). The van der Waals surface area contributed by atoms with Crippen LogP contribution in [-0.2, 0) is 4.84 Å². The van der Waals surface area contributed by atoms with Gasteiger partial charge in [0, 0.05) is 22.6 Å². The van der Waals surface area contributed by atoms with Gasteiger partial charge >= 0.3 is 5.97 Å². The lowest BCUT2D eigenvalue weighted by atomic mass is 10.2. The van der Waals surface area contributed by atoms with Crippen LogP contribution in [0.2, 0.25) is 0 Å². The van der Waals surface area contributed by atoms with Gasteiger partial charge in [-0.15, -0.1) is 0 Å². The molecule has 74 valence electrons. The Morgan fingerprint density at radius 2 is 2.00 bits per heavy atom. The number of carboxylic acids is 1. The van der Waals surface area contributed by atoms with Crippen LogP contribution in [0.15, 0.2) is 34.6 Å². The van der Waals surface area contributed by atoms with Crippen LogP contribution in [0.5, 0.6) is 0 Å². The zero-order valence-electron chi connectivity index (χ0n) is 7.16. The monoisotopic (exact) mass is 305 g/mol. The van der Waals surface area contributed by atoms with Crippen molar-refractivity contribution >= 4 is 34.2 Å². The van der Waals surface area contributed by atoms with E-state index < -0.39 is 5.97 Å². The maximum absolute atomic E-state index is 10.5. The first-order valence-electron chi connectivity index (χ1n) is 3.70. The summed E-state index contributed by atoms with van der Waals surface area (Å²) < 4.78 is 0.505. The first kappa shape index (κ1) is 10.8. The Morgan fingerprint density at radius 3 is 2.43 bits per heavy atom. The van der Waals surface area contributed by atoms with Gasteiger partial charge < -0.3 is 9.94 Å². The summed E-state index contributed by atoms with van der Waals surface area (Å²) in [6.45, 7) is 3.52. The Kier molecular flexibility index (Phi) is 3.75. The van der Waals surface area contributed by atoms with Crippen LogP contribution < -0.4 is 5.48 Å². The Balaban J connectivity index is 2.64. The second kappa shape index (κ2) is 4.85. The minimum Gasteiger partial charge on any atom is -0.478 e. The second-order valence-corrected chi connectivity index (χ2v) is 3.64. The molecule has 1 aromatic rings. The van der Waals surface area contributed by atoms with Gasteiger partial charge in [-0.25, -0.2) is 10.3 Å². The molecule has 1 aromatic carbocycles. The molecule has 0 radical (unpaired) electrons. The van der Waals surface area contributed by atoms with Gasteiger partial charge in [0.2, 0.25) is 0 Å². The SMILES string of the molecule is C=C(I)ONc1ccc(C(=O)O)cc1. The van der Waals surface area contributed by atoms with Gasteiger partial charge in [0.05, 0.1) is 11.3 Å². The average Bonchev–Trinajstić information content (AvgIpc) is 2.15. The van der Waals surface area contributed by atoms with E-state index >= 15 is 0 Å². The molecule has 0 atom stereocenters. The fourth-order valence-electron chi connectivity index (χ4n) is 0.795. The third kappa shape index (κ3) is 3.25. The number of nitrogens with one attached hydrogen (secondary N) is 1. The molecule has 0 fully saturated rings. The predicted molar refractivity (Wildman–Crippen MR) is 61.3 cm³/mol. The summed E-state index contributed by atoms with van der Waals surface area (Å²) in [6, 6.07) is 6.21. The molecule has 0 unspecified atom stereocenters. The number of rotatable bonds is 4. The Bertz CT molecular complexity index is 348. The topological polar surface area (TPSA) is 58.6 Å². The van der Waals surface area contributed by atoms with Crippen LogP contribution in [0.1, 0.15) is 10.4 Å². The molecule has 14 heavy (non-hydrogen) atoms. The largest absolute Gasteiger partial charge is 0.478 e. The molecule has 0 aliphatic carbocycles. The Hall–Kier alpha value is -1.24. The van der Waals surface area contributed by atoms with Crippen molar-refractivity contribution in [1.29, 1.82) is 0 Å². The van der Waals surface area contributed by atoms with Crippen LogP contribution in [0.4, 0.5) is 5.69 Å². The van der Waals surface area contributed by atoms with Crippen LogP contribution in [0, 0.1) is 0 Å². The molecular formula is C9H8INO3. The van der Waals surface area contributed by atoms with E-state index in [0.29, 0.717) is 9.45 Å². The lowest BCUT2D eigenvalue weighted by Gasteiger charge is -2.05. The number of halogens is 1. The molecule has 4 nitrogen and oxygen atoms in total. The second-order valence-electron chi connectivity index (χ2n) is 2.44. The minimum absolute atomic E-state index is 0.240. The third-order valence-corrected chi connectivity index (χ3v) is 1.63. The maximum Gasteiger partial charge on any atom is 0.335 e. The molecule has 0 amide bonds. The van der Waals surface area contributed by atoms with Gasteiger partial charge in [-0.3, -0.25) is 0 Å². The van der Waals surface area contributed by atoms with Gasteiger partial charge in [0.25, 0.3) is 0 Å². The molecule has 0 aliphatic heterocycles. The van der Waals surface area contributed by atoms with E-state index in [9.17, 15) is 4.79 Å². The summed E-state index contributed by atoms with van der Waals surface area (Å²) >= 11 is 1.91. The summed E-state index contributed by atoms with van der Waals surface area (Å²) in [4.78, 5) is 15.4. The average molecular weight is 305 g/mol. The van der Waals surface area contributed by atoms with Crippen molar-refractivity contribution in [2.45, 2.75) is 0 Å². The highest BCUT2D eigenvalue weighted by Gasteiger charge is 2.01. The van der Waals surface area contributed by atoms with E-state index in [-0.39, 0.29) is 5.56 Å². The van der Waals surface area contributed by atoms with Gasteiger partial charge in [-0.05, 0) is 30.8 Å². The predicted octanol–water partition coefficient (Wildman–Crippen LogP) is 2.63. The molecule has 0 aliphatic rings. The normalized spacial score (nSPS) is 9.21. The number of hydrogen-bond acceptors (Lipinski definition) is 3. The first-order chi connectivity index (χ1) is 6.59. The van der Waals surface area contributed by atoms with Crippen molar-refractivity contribution in [3.05, 3.63) is 40.2 Å². The van der Waals surface area contributed by atoms with Gasteiger partial charge in [-0.1, -0.05) is 0 Å². The number of anilines is 1. The van der Waals surface area contributed by atoms with Crippen molar-refractivity contribution in [2.75, 3.05) is 5.48 Å². The van der Waals surface area contributed by atoms with E-state index in [4.69, 9.17) is 9.94 Å². The molecule has 0 aromatic heterocycles. The summed E-state index contributed by atoms with van der Waals surface area (Å²) in [6.07, 6.45) is 0. The summed E-state index contributed by atoms with van der Waals surface area (Å²) in [7, 11) is 0. The molecule has 1 rings (SSSR count). The highest BCUT2D eigenvalue weighted by Crippen LogP contribution is 2.12. The zero-order valence-corrected chi connectivity index (χ0v) is 9.32. The molecule has 2 N–H and O–H groups in total. The maximum atomic E-state index is 10.5.